The molecule has 0 aliphatic rings. The smallest absolute Gasteiger partial charge is 0.256 e. The van der Waals surface area contributed by atoms with Gasteiger partial charge in [-0.25, -0.2) is 0 Å². The van der Waals surface area contributed by atoms with Crippen LogP contribution < -0.4 is 5.56 Å². The van der Waals surface area contributed by atoms with E-state index in [0.29, 0.717) is 10.6 Å². The van der Waals surface area contributed by atoms with Crippen molar-refractivity contribution < 1.29 is 5.11 Å². The summed E-state index contributed by atoms with van der Waals surface area (Å²) in [6, 6.07) is 15.0. The van der Waals surface area contributed by atoms with E-state index in [2.05, 4.69) is 0 Å². The van der Waals surface area contributed by atoms with Gasteiger partial charge >= 0.3 is 0 Å². The number of nitrogens with zero attached hydrogens (tertiary/aromatic N) is 1. The molecule has 3 rings (SSSR count). The van der Waals surface area contributed by atoms with Crippen LogP contribution in [0.1, 0.15) is 5.56 Å². The van der Waals surface area contributed by atoms with Crippen molar-refractivity contribution in [1.82, 2.24) is 4.57 Å². The fourth-order valence-electron chi connectivity index (χ4n) is 2.66. The number of benzene rings is 2. The van der Waals surface area contributed by atoms with Crippen LogP contribution in [0, 0.1) is 0 Å². The Morgan fingerprint density at radius 3 is 2.52 bits per heavy atom. The minimum Gasteiger partial charge on any atom is -0.391 e. The van der Waals surface area contributed by atoms with Gasteiger partial charge < -0.3 is 9.67 Å². The quantitative estimate of drug-likeness (QED) is 0.788. The summed E-state index contributed by atoms with van der Waals surface area (Å²) in [4.78, 5) is 12.5. The second kappa shape index (κ2) is 5.35. The van der Waals surface area contributed by atoms with Crippen LogP contribution in [0.3, 0.4) is 0 Å². The van der Waals surface area contributed by atoms with Crippen LogP contribution in [0.4, 0.5) is 0 Å². The number of aliphatic hydroxyl groups is 1. The topological polar surface area (TPSA) is 42.2 Å². The fraction of sp³-hybridized carbons (Fsp3) is 0.118. The Bertz CT molecular complexity index is 869. The Kier molecular flexibility index (Phi) is 3.53. The maximum atomic E-state index is 12.5. The molecule has 0 amide bonds. The van der Waals surface area contributed by atoms with Crippen LogP contribution in [-0.2, 0) is 13.7 Å². The van der Waals surface area contributed by atoms with Crippen molar-refractivity contribution in [3.8, 4) is 11.1 Å². The van der Waals surface area contributed by atoms with Crippen molar-refractivity contribution in [3.05, 3.63) is 69.5 Å². The molecule has 3 nitrogen and oxygen atoms in total. The van der Waals surface area contributed by atoms with Crippen molar-refractivity contribution >= 4 is 22.5 Å². The summed E-state index contributed by atoms with van der Waals surface area (Å²) in [5.74, 6) is 0. The first-order valence-corrected chi connectivity index (χ1v) is 6.98. The lowest BCUT2D eigenvalue weighted by molar-refractivity contribution is 0.280. The van der Waals surface area contributed by atoms with Crippen LogP contribution in [0.15, 0.2) is 53.3 Å². The molecule has 0 saturated heterocycles. The Morgan fingerprint density at radius 1 is 1.14 bits per heavy atom. The van der Waals surface area contributed by atoms with Gasteiger partial charge in [-0.1, -0.05) is 41.9 Å². The van der Waals surface area contributed by atoms with Gasteiger partial charge in [0.1, 0.15) is 0 Å². The van der Waals surface area contributed by atoms with Crippen molar-refractivity contribution in [2.24, 2.45) is 7.05 Å². The molecule has 0 unspecified atom stereocenters. The van der Waals surface area contributed by atoms with E-state index < -0.39 is 0 Å². The number of hydrogen-bond acceptors (Lipinski definition) is 2. The molecular weight excluding hydrogens is 286 g/mol. The third-order valence-electron chi connectivity index (χ3n) is 3.67. The van der Waals surface area contributed by atoms with Crippen molar-refractivity contribution in [2.75, 3.05) is 0 Å². The number of aliphatic hydroxyl groups excluding tert-OH is 1. The minimum absolute atomic E-state index is 0.189. The van der Waals surface area contributed by atoms with E-state index in [-0.39, 0.29) is 12.2 Å². The predicted molar refractivity (Wildman–Crippen MR) is 85.6 cm³/mol. The van der Waals surface area contributed by atoms with Gasteiger partial charge in [0.2, 0.25) is 0 Å². The largest absolute Gasteiger partial charge is 0.391 e. The summed E-state index contributed by atoms with van der Waals surface area (Å²) < 4.78 is 1.55. The zero-order chi connectivity index (χ0) is 15.0. The first kappa shape index (κ1) is 13.9. The molecule has 0 atom stereocenters. The maximum absolute atomic E-state index is 12.5. The van der Waals surface area contributed by atoms with Crippen molar-refractivity contribution in [3.63, 3.8) is 0 Å². The van der Waals surface area contributed by atoms with Gasteiger partial charge in [0, 0.05) is 23.0 Å². The molecule has 0 saturated carbocycles. The van der Waals surface area contributed by atoms with Crippen molar-refractivity contribution in [1.29, 1.82) is 0 Å². The van der Waals surface area contributed by atoms with Gasteiger partial charge in [-0.05, 0) is 23.8 Å². The Labute approximate surface area is 127 Å². The number of halogens is 1. The molecule has 1 heterocycles. The number of hydrogen-bond donors (Lipinski definition) is 1. The summed E-state index contributed by atoms with van der Waals surface area (Å²) in [6.45, 7) is -0.306. The van der Waals surface area contributed by atoms with E-state index >= 15 is 0 Å². The maximum Gasteiger partial charge on any atom is 0.256 e. The SMILES string of the molecule is Cn1c(=O)c(CO)c(-c2ccccc2)c2cc(Cl)ccc21. The van der Waals surface area contributed by atoms with Crippen LogP contribution in [0.2, 0.25) is 5.02 Å². The molecule has 2 aromatic carbocycles. The number of rotatable bonds is 2. The van der Waals surface area contributed by atoms with Gasteiger partial charge in [-0.2, -0.15) is 0 Å². The van der Waals surface area contributed by atoms with Gasteiger partial charge in [0.15, 0.2) is 0 Å². The van der Waals surface area contributed by atoms with Crippen LogP contribution in [-0.4, -0.2) is 9.67 Å². The van der Waals surface area contributed by atoms with Crippen LogP contribution >= 0.6 is 11.6 Å². The van der Waals surface area contributed by atoms with Crippen molar-refractivity contribution in [2.45, 2.75) is 6.61 Å². The Balaban J connectivity index is 2.54. The lowest BCUT2D eigenvalue weighted by atomic mass is 9.96. The molecule has 0 aliphatic heterocycles. The normalized spacial score (nSPS) is 11.0. The highest BCUT2D eigenvalue weighted by molar-refractivity contribution is 6.31. The Hall–Kier alpha value is -2.10. The zero-order valence-electron chi connectivity index (χ0n) is 11.5. The molecule has 0 fully saturated rings. The Morgan fingerprint density at radius 2 is 1.86 bits per heavy atom. The number of pyridine rings is 1. The minimum atomic E-state index is -0.306. The molecule has 1 N–H and O–H groups in total. The van der Waals surface area contributed by atoms with E-state index in [4.69, 9.17) is 11.6 Å². The second-order valence-corrected chi connectivity index (χ2v) is 5.34. The van der Waals surface area contributed by atoms with E-state index in [9.17, 15) is 9.90 Å². The second-order valence-electron chi connectivity index (χ2n) is 4.90. The highest BCUT2D eigenvalue weighted by atomic mass is 35.5. The molecule has 4 heteroatoms. The number of fused-ring (bicyclic) bond motifs is 1. The zero-order valence-corrected chi connectivity index (χ0v) is 12.3. The van der Waals surface area contributed by atoms with Gasteiger partial charge in [-0.15, -0.1) is 0 Å². The highest BCUT2D eigenvalue weighted by Crippen LogP contribution is 2.31. The molecule has 1 aromatic heterocycles. The molecule has 21 heavy (non-hydrogen) atoms. The number of aromatic nitrogens is 1. The lowest BCUT2D eigenvalue weighted by Gasteiger charge is -2.15. The lowest BCUT2D eigenvalue weighted by Crippen LogP contribution is -2.22. The average molecular weight is 300 g/mol. The van der Waals surface area contributed by atoms with E-state index in [1.54, 1.807) is 17.7 Å². The highest BCUT2D eigenvalue weighted by Gasteiger charge is 2.16. The van der Waals surface area contributed by atoms with Crippen LogP contribution in [0.5, 0.6) is 0 Å². The summed E-state index contributed by atoms with van der Waals surface area (Å²) >= 11 is 6.12. The molecule has 3 aromatic rings. The molecule has 106 valence electrons. The summed E-state index contributed by atoms with van der Waals surface area (Å²) in [7, 11) is 1.70. The van der Waals surface area contributed by atoms with Gasteiger partial charge in [0.05, 0.1) is 17.7 Å². The number of aryl methyl sites for hydroxylation is 1. The monoisotopic (exact) mass is 299 g/mol. The standard InChI is InChI=1S/C17H14ClNO2/c1-19-15-8-7-12(18)9-13(15)16(14(10-20)17(19)21)11-5-3-2-4-6-11/h2-9,20H,10H2,1H3. The first-order chi connectivity index (χ1) is 10.1. The predicted octanol–water partition coefficient (Wildman–Crippen LogP) is 3.35. The average Bonchev–Trinajstić information content (AvgIpc) is 2.51. The third-order valence-corrected chi connectivity index (χ3v) is 3.91. The van der Waals surface area contributed by atoms with E-state index in [1.807, 2.05) is 42.5 Å². The van der Waals surface area contributed by atoms with E-state index in [0.717, 1.165) is 22.0 Å². The summed E-state index contributed by atoms with van der Waals surface area (Å²) in [6.07, 6.45) is 0. The molecular formula is C17H14ClNO2. The third kappa shape index (κ3) is 2.24. The van der Waals surface area contributed by atoms with Gasteiger partial charge in [-0.3, -0.25) is 4.79 Å². The summed E-state index contributed by atoms with van der Waals surface area (Å²) in [5, 5.41) is 11.1. The molecule has 0 aliphatic carbocycles. The fourth-order valence-corrected chi connectivity index (χ4v) is 2.84. The van der Waals surface area contributed by atoms with Gasteiger partial charge in [0.25, 0.3) is 5.56 Å². The summed E-state index contributed by atoms with van der Waals surface area (Å²) in [5.41, 5.74) is 2.63. The van der Waals surface area contributed by atoms with E-state index in [1.165, 1.54) is 0 Å². The van der Waals surface area contributed by atoms with Crippen LogP contribution in [0.25, 0.3) is 22.0 Å². The first-order valence-electron chi connectivity index (χ1n) is 6.61. The molecule has 0 spiro atoms. The molecule has 0 bridgehead atoms. The molecule has 0 radical (unpaired) electrons.